The quantitative estimate of drug-likeness (QED) is 0.736. The van der Waals surface area contributed by atoms with Gasteiger partial charge in [-0.25, -0.2) is 13.4 Å². The fraction of sp³-hybridized carbons (Fsp3) is 0.750. The number of nitrogens with one attached hydrogen (secondary N) is 1. The van der Waals surface area contributed by atoms with E-state index in [0.29, 0.717) is 5.92 Å². The Morgan fingerprint density at radius 1 is 1.42 bits per heavy atom. The first kappa shape index (κ1) is 18.9. The van der Waals surface area contributed by atoms with Gasteiger partial charge in [-0.3, -0.25) is 9.69 Å². The van der Waals surface area contributed by atoms with Gasteiger partial charge in [0, 0.05) is 51.6 Å². The summed E-state index contributed by atoms with van der Waals surface area (Å²) in [5, 5.41) is 3.04. The van der Waals surface area contributed by atoms with Crippen LogP contribution in [0.15, 0.2) is 12.5 Å². The zero-order valence-corrected chi connectivity index (χ0v) is 15.6. The van der Waals surface area contributed by atoms with Gasteiger partial charge in [0.15, 0.2) is 0 Å². The lowest BCUT2D eigenvalue weighted by Gasteiger charge is -2.19. The molecule has 24 heavy (non-hydrogen) atoms. The van der Waals surface area contributed by atoms with Crippen LogP contribution in [0.5, 0.6) is 0 Å². The molecule has 0 unspecified atom stereocenters. The summed E-state index contributed by atoms with van der Waals surface area (Å²) >= 11 is 0. The van der Waals surface area contributed by atoms with Gasteiger partial charge in [-0.05, 0) is 12.3 Å². The van der Waals surface area contributed by atoms with Gasteiger partial charge in [-0.2, -0.15) is 0 Å². The average Bonchev–Trinajstić information content (AvgIpc) is 3.04. The molecule has 2 heterocycles. The number of aromatic nitrogens is 2. The van der Waals surface area contributed by atoms with Gasteiger partial charge in [0.2, 0.25) is 5.91 Å². The summed E-state index contributed by atoms with van der Waals surface area (Å²) in [6, 6.07) is 0.0882. The van der Waals surface area contributed by atoms with Crippen molar-refractivity contribution >= 4 is 15.7 Å². The Bertz CT molecular complexity index is 656. The van der Waals surface area contributed by atoms with Crippen LogP contribution in [-0.2, 0) is 28.2 Å². The monoisotopic (exact) mass is 356 g/mol. The Balaban J connectivity index is 1.92. The summed E-state index contributed by atoms with van der Waals surface area (Å²) in [6.07, 6.45) is 6.98. The Labute approximate surface area is 144 Å². The summed E-state index contributed by atoms with van der Waals surface area (Å²) in [7, 11) is -1.13. The van der Waals surface area contributed by atoms with Gasteiger partial charge in [0.25, 0.3) is 0 Å². The number of imidazole rings is 1. The van der Waals surface area contributed by atoms with Gasteiger partial charge in [0.1, 0.15) is 9.84 Å². The molecule has 0 bridgehead atoms. The molecule has 8 heteroatoms. The predicted molar refractivity (Wildman–Crippen MR) is 93.1 cm³/mol. The van der Waals surface area contributed by atoms with Crippen LogP contribution >= 0.6 is 0 Å². The van der Waals surface area contributed by atoms with E-state index in [4.69, 9.17) is 0 Å². The number of amides is 1. The maximum absolute atomic E-state index is 12.1. The van der Waals surface area contributed by atoms with Crippen molar-refractivity contribution in [1.29, 1.82) is 0 Å². The van der Waals surface area contributed by atoms with Crippen molar-refractivity contribution in [3.63, 3.8) is 0 Å². The first-order valence-electron chi connectivity index (χ1n) is 8.43. The van der Waals surface area contributed by atoms with Crippen LogP contribution < -0.4 is 5.32 Å². The summed E-state index contributed by atoms with van der Waals surface area (Å²) in [5.41, 5.74) is 1.15. The minimum absolute atomic E-state index is 0.0376. The van der Waals surface area contributed by atoms with Crippen LogP contribution in [0.3, 0.4) is 0 Å². The molecule has 0 aliphatic carbocycles. The highest BCUT2D eigenvalue weighted by Crippen LogP contribution is 2.23. The van der Waals surface area contributed by atoms with E-state index in [0.717, 1.165) is 44.4 Å². The zero-order valence-electron chi connectivity index (χ0n) is 14.7. The molecule has 0 spiro atoms. The molecule has 0 radical (unpaired) electrons. The summed E-state index contributed by atoms with van der Waals surface area (Å²) in [4.78, 5) is 18.5. The second-order valence-corrected chi connectivity index (χ2v) is 9.05. The van der Waals surface area contributed by atoms with Crippen molar-refractivity contribution in [3.8, 4) is 0 Å². The molecule has 1 aromatic rings. The number of rotatable bonds is 8. The van der Waals surface area contributed by atoms with E-state index in [9.17, 15) is 13.2 Å². The lowest BCUT2D eigenvalue weighted by atomic mass is 9.98. The number of carbonyl (C=O) groups excluding carboxylic acids is 1. The van der Waals surface area contributed by atoms with Crippen LogP contribution in [0.2, 0.25) is 0 Å². The fourth-order valence-corrected chi connectivity index (χ4v) is 3.80. The third kappa shape index (κ3) is 5.59. The number of hydrogen-bond acceptors (Lipinski definition) is 5. The number of hydrogen-bond donors (Lipinski definition) is 1. The Morgan fingerprint density at radius 2 is 2.17 bits per heavy atom. The van der Waals surface area contributed by atoms with Gasteiger partial charge in [-0.1, -0.05) is 13.3 Å². The molecule has 1 aliphatic rings. The number of sulfone groups is 1. The minimum Gasteiger partial charge on any atom is -0.352 e. The molecule has 2 rings (SSSR count). The average molecular weight is 356 g/mol. The lowest BCUT2D eigenvalue weighted by Crippen LogP contribution is -2.41. The van der Waals surface area contributed by atoms with Crippen LogP contribution in [-0.4, -0.2) is 59.9 Å². The van der Waals surface area contributed by atoms with Crippen molar-refractivity contribution in [2.24, 2.45) is 13.0 Å². The standard InChI is InChI=1S/C16H28N4O3S/c1-4-5-13-9-20(10-14-8-17-12-19(14)2)11-15(13)18-16(21)6-7-24(3,22)23/h8,12-13,15H,4-7,9-11H2,1-3H3,(H,18,21)/t13-,15-/m0/s1. The molecule has 136 valence electrons. The van der Waals surface area contributed by atoms with E-state index in [2.05, 4.69) is 22.1 Å². The van der Waals surface area contributed by atoms with Crippen molar-refractivity contribution < 1.29 is 13.2 Å². The van der Waals surface area contributed by atoms with E-state index in [1.54, 1.807) is 6.33 Å². The maximum atomic E-state index is 12.1. The lowest BCUT2D eigenvalue weighted by molar-refractivity contribution is -0.121. The van der Waals surface area contributed by atoms with Crippen LogP contribution in [0.4, 0.5) is 0 Å². The largest absolute Gasteiger partial charge is 0.352 e. The summed E-state index contributed by atoms with van der Waals surface area (Å²) < 4.78 is 24.4. The summed E-state index contributed by atoms with van der Waals surface area (Å²) in [5.74, 6) is 0.141. The van der Waals surface area contributed by atoms with Crippen LogP contribution in [0.1, 0.15) is 31.9 Å². The van der Waals surface area contributed by atoms with Crippen LogP contribution in [0.25, 0.3) is 0 Å². The smallest absolute Gasteiger partial charge is 0.221 e. The number of carbonyl (C=O) groups is 1. The molecule has 1 aromatic heterocycles. The van der Waals surface area contributed by atoms with E-state index < -0.39 is 9.84 Å². The molecular weight excluding hydrogens is 328 g/mol. The zero-order chi connectivity index (χ0) is 17.7. The van der Waals surface area contributed by atoms with E-state index >= 15 is 0 Å². The fourth-order valence-electron chi connectivity index (χ4n) is 3.24. The third-order valence-corrected chi connectivity index (χ3v) is 5.47. The van der Waals surface area contributed by atoms with Crippen molar-refractivity contribution in [2.75, 3.05) is 25.1 Å². The Kier molecular flexibility index (Phi) is 6.40. The highest BCUT2D eigenvalue weighted by Gasteiger charge is 2.33. The number of nitrogens with zero attached hydrogens (tertiary/aromatic N) is 3. The SMILES string of the molecule is CCC[C@H]1CN(Cc2cncn2C)C[C@@H]1NC(=O)CCS(C)(=O)=O. The van der Waals surface area contributed by atoms with Crippen molar-refractivity contribution in [3.05, 3.63) is 18.2 Å². The second kappa shape index (κ2) is 8.11. The van der Waals surface area contributed by atoms with Gasteiger partial charge < -0.3 is 9.88 Å². The van der Waals surface area contributed by atoms with Gasteiger partial charge in [0.05, 0.1) is 17.8 Å². The Hall–Kier alpha value is -1.41. The highest BCUT2D eigenvalue weighted by atomic mass is 32.2. The van der Waals surface area contributed by atoms with Crippen LogP contribution in [0, 0.1) is 5.92 Å². The third-order valence-electron chi connectivity index (χ3n) is 4.52. The first-order valence-corrected chi connectivity index (χ1v) is 10.5. The maximum Gasteiger partial charge on any atom is 0.221 e. The molecule has 1 saturated heterocycles. The minimum atomic E-state index is -3.11. The molecule has 7 nitrogen and oxygen atoms in total. The second-order valence-electron chi connectivity index (χ2n) is 6.79. The molecule has 2 atom stereocenters. The van der Waals surface area contributed by atoms with Crippen molar-refractivity contribution in [1.82, 2.24) is 19.8 Å². The van der Waals surface area contributed by atoms with E-state index in [-0.39, 0.29) is 24.1 Å². The van der Waals surface area contributed by atoms with Gasteiger partial charge in [-0.15, -0.1) is 0 Å². The molecule has 1 aliphatic heterocycles. The molecular formula is C16H28N4O3S. The number of aryl methyl sites for hydroxylation is 1. The van der Waals surface area contributed by atoms with E-state index in [1.165, 1.54) is 0 Å². The Morgan fingerprint density at radius 3 is 2.75 bits per heavy atom. The number of likely N-dealkylation sites (tertiary alicyclic amines) is 1. The predicted octanol–water partition coefficient (Wildman–Crippen LogP) is 0.572. The normalized spacial score (nSPS) is 22.0. The molecule has 1 fully saturated rings. The molecule has 0 aromatic carbocycles. The highest BCUT2D eigenvalue weighted by molar-refractivity contribution is 7.90. The molecule has 1 N–H and O–H groups in total. The van der Waals surface area contributed by atoms with E-state index in [1.807, 2.05) is 17.8 Å². The molecule has 0 saturated carbocycles. The topological polar surface area (TPSA) is 84.3 Å². The molecule has 1 amide bonds. The summed E-state index contributed by atoms with van der Waals surface area (Å²) in [6.45, 7) is 4.69. The van der Waals surface area contributed by atoms with Crippen molar-refractivity contribution in [2.45, 2.75) is 38.8 Å². The van der Waals surface area contributed by atoms with Gasteiger partial charge >= 0.3 is 0 Å². The first-order chi connectivity index (χ1) is 11.3.